The van der Waals surface area contributed by atoms with Gasteiger partial charge in [0.2, 0.25) is 0 Å². The number of hydrogen-bond acceptors (Lipinski definition) is 4. The third-order valence-corrected chi connectivity index (χ3v) is 4.11. The van der Waals surface area contributed by atoms with Crippen molar-refractivity contribution in [1.29, 1.82) is 0 Å². The molecule has 0 aromatic heterocycles. The van der Waals surface area contributed by atoms with E-state index in [9.17, 15) is 5.11 Å². The highest BCUT2D eigenvalue weighted by atomic mass is 16.5. The molecule has 2 rings (SSSR count). The first-order valence-electron chi connectivity index (χ1n) is 7.28. The summed E-state index contributed by atoms with van der Waals surface area (Å²) < 4.78 is 10.7. The van der Waals surface area contributed by atoms with E-state index in [1.165, 1.54) is 18.4 Å². The number of methoxy groups -OCH3 is 2. The molecule has 1 aromatic rings. The van der Waals surface area contributed by atoms with Crippen LogP contribution in [0.1, 0.15) is 31.4 Å². The predicted octanol–water partition coefficient (Wildman–Crippen LogP) is 2.47. The maximum atomic E-state index is 9.57. The molecule has 0 spiro atoms. The number of ether oxygens (including phenoxy) is 2. The lowest BCUT2D eigenvalue weighted by atomic mass is 9.93. The normalized spacial score (nSPS) is 18.8. The number of hydrogen-bond donors (Lipinski definition) is 1. The molecule has 0 aliphatic carbocycles. The Labute approximate surface area is 121 Å². The van der Waals surface area contributed by atoms with E-state index in [0.717, 1.165) is 24.6 Å². The number of nitrogens with zero attached hydrogens (tertiary/aromatic N) is 1. The molecule has 1 saturated heterocycles. The zero-order valence-corrected chi connectivity index (χ0v) is 12.6. The summed E-state index contributed by atoms with van der Waals surface area (Å²) in [6, 6.07) is 6.30. The largest absolute Gasteiger partial charge is 0.493 e. The van der Waals surface area contributed by atoms with Gasteiger partial charge in [0.1, 0.15) is 0 Å². The van der Waals surface area contributed by atoms with Crippen LogP contribution >= 0.6 is 0 Å². The van der Waals surface area contributed by atoms with Crippen LogP contribution in [-0.2, 0) is 0 Å². The van der Waals surface area contributed by atoms with E-state index in [1.54, 1.807) is 14.2 Å². The fraction of sp³-hybridized carbons (Fsp3) is 0.625. The zero-order chi connectivity index (χ0) is 14.5. The van der Waals surface area contributed by atoms with Crippen molar-refractivity contribution in [2.24, 2.45) is 5.92 Å². The summed E-state index contributed by atoms with van der Waals surface area (Å²) in [6.45, 7) is 4.49. The molecule has 1 aromatic carbocycles. The number of benzene rings is 1. The SMILES string of the molecule is COc1ccc(C(C(C)CO)N2CCCC2)cc1OC. The topological polar surface area (TPSA) is 41.9 Å². The molecule has 1 N–H and O–H groups in total. The van der Waals surface area contributed by atoms with Crippen molar-refractivity contribution < 1.29 is 14.6 Å². The van der Waals surface area contributed by atoms with E-state index in [1.807, 2.05) is 12.1 Å². The summed E-state index contributed by atoms with van der Waals surface area (Å²) >= 11 is 0. The molecule has 1 heterocycles. The third-order valence-electron chi connectivity index (χ3n) is 4.11. The first-order chi connectivity index (χ1) is 9.71. The Hall–Kier alpha value is -1.26. The highest BCUT2D eigenvalue weighted by Crippen LogP contribution is 2.36. The summed E-state index contributed by atoms with van der Waals surface area (Å²) in [7, 11) is 3.30. The Bertz CT molecular complexity index is 430. The van der Waals surface area contributed by atoms with Crippen LogP contribution in [0, 0.1) is 5.92 Å². The van der Waals surface area contributed by atoms with Crippen LogP contribution < -0.4 is 9.47 Å². The van der Waals surface area contributed by atoms with Crippen molar-refractivity contribution in [2.45, 2.75) is 25.8 Å². The van der Waals surface area contributed by atoms with Crippen LogP contribution in [0.2, 0.25) is 0 Å². The summed E-state index contributed by atoms with van der Waals surface area (Å²) in [5.74, 6) is 1.69. The molecule has 2 atom stereocenters. The second-order valence-corrected chi connectivity index (χ2v) is 5.46. The van der Waals surface area contributed by atoms with Gasteiger partial charge in [-0.15, -0.1) is 0 Å². The van der Waals surface area contributed by atoms with Crippen molar-refractivity contribution in [3.63, 3.8) is 0 Å². The van der Waals surface area contributed by atoms with Crippen molar-refractivity contribution in [3.8, 4) is 11.5 Å². The lowest BCUT2D eigenvalue weighted by Crippen LogP contribution is -2.32. The van der Waals surface area contributed by atoms with E-state index in [4.69, 9.17) is 9.47 Å². The molecule has 4 heteroatoms. The van der Waals surface area contributed by atoms with E-state index in [0.29, 0.717) is 0 Å². The minimum Gasteiger partial charge on any atom is -0.493 e. The van der Waals surface area contributed by atoms with E-state index in [2.05, 4.69) is 17.9 Å². The first kappa shape index (κ1) is 15.1. The molecule has 0 saturated carbocycles. The Morgan fingerprint density at radius 2 is 1.80 bits per heavy atom. The van der Waals surface area contributed by atoms with Gasteiger partial charge in [-0.3, -0.25) is 4.90 Å². The van der Waals surface area contributed by atoms with Gasteiger partial charge >= 0.3 is 0 Å². The van der Waals surface area contributed by atoms with Crippen molar-refractivity contribution in [3.05, 3.63) is 23.8 Å². The van der Waals surface area contributed by atoms with Crippen LogP contribution in [0.4, 0.5) is 0 Å². The van der Waals surface area contributed by atoms with Gasteiger partial charge in [-0.05, 0) is 49.5 Å². The maximum Gasteiger partial charge on any atom is 0.161 e. The number of aliphatic hydroxyl groups excluding tert-OH is 1. The summed E-state index contributed by atoms with van der Waals surface area (Å²) in [6.07, 6.45) is 2.48. The second-order valence-electron chi connectivity index (χ2n) is 5.46. The summed E-state index contributed by atoms with van der Waals surface area (Å²) in [4.78, 5) is 2.46. The number of rotatable bonds is 6. The molecule has 1 fully saturated rings. The average Bonchev–Trinajstić information content (AvgIpc) is 3.00. The highest BCUT2D eigenvalue weighted by molar-refractivity contribution is 5.44. The minimum atomic E-state index is 0.190. The smallest absolute Gasteiger partial charge is 0.161 e. The zero-order valence-electron chi connectivity index (χ0n) is 12.6. The third kappa shape index (κ3) is 3.07. The van der Waals surface area contributed by atoms with Crippen LogP contribution in [-0.4, -0.2) is 43.9 Å². The quantitative estimate of drug-likeness (QED) is 0.868. The van der Waals surface area contributed by atoms with Crippen LogP contribution in [0.25, 0.3) is 0 Å². The molecule has 4 nitrogen and oxygen atoms in total. The van der Waals surface area contributed by atoms with Gasteiger partial charge in [0, 0.05) is 12.6 Å². The van der Waals surface area contributed by atoms with Crippen LogP contribution in [0.15, 0.2) is 18.2 Å². The lowest BCUT2D eigenvalue weighted by Gasteiger charge is -2.32. The Kier molecular flexibility index (Phi) is 5.26. The molecule has 2 unspecified atom stereocenters. The maximum absolute atomic E-state index is 9.57. The summed E-state index contributed by atoms with van der Waals surface area (Å²) in [5, 5.41) is 9.57. The van der Waals surface area contributed by atoms with Gasteiger partial charge in [0.25, 0.3) is 0 Å². The van der Waals surface area contributed by atoms with Crippen molar-refractivity contribution in [1.82, 2.24) is 4.90 Å². The molecule has 20 heavy (non-hydrogen) atoms. The Morgan fingerprint density at radius 1 is 1.15 bits per heavy atom. The van der Waals surface area contributed by atoms with Gasteiger partial charge in [-0.25, -0.2) is 0 Å². The van der Waals surface area contributed by atoms with E-state index >= 15 is 0 Å². The molecular formula is C16H25NO3. The molecule has 112 valence electrons. The average molecular weight is 279 g/mol. The molecule has 1 aliphatic rings. The predicted molar refractivity (Wildman–Crippen MR) is 79.3 cm³/mol. The van der Waals surface area contributed by atoms with Gasteiger partial charge in [-0.1, -0.05) is 13.0 Å². The fourth-order valence-corrected chi connectivity index (χ4v) is 3.06. The molecule has 0 bridgehead atoms. The summed E-state index contributed by atoms with van der Waals surface area (Å²) in [5.41, 5.74) is 1.19. The molecule has 0 radical (unpaired) electrons. The molecule has 0 amide bonds. The van der Waals surface area contributed by atoms with Crippen molar-refractivity contribution in [2.75, 3.05) is 33.9 Å². The fourth-order valence-electron chi connectivity index (χ4n) is 3.06. The highest BCUT2D eigenvalue weighted by Gasteiger charge is 2.28. The number of aliphatic hydroxyl groups is 1. The molecular weight excluding hydrogens is 254 g/mol. The Balaban J connectivity index is 2.32. The molecule has 1 aliphatic heterocycles. The van der Waals surface area contributed by atoms with Gasteiger partial charge < -0.3 is 14.6 Å². The van der Waals surface area contributed by atoms with Gasteiger partial charge in [0.15, 0.2) is 11.5 Å². The van der Waals surface area contributed by atoms with E-state index < -0.39 is 0 Å². The second kappa shape index (κ2) is 6.95. The first-order valence-corrected chi connectivity index (χ1v) is 7.28. The lowest BCUT2D eigenvalue weighted by molar-refractivity contribution is 0.125. The monoisotopic (exact) mass is 279 g/mol. The van der Waals surface area contributed by atoms with Crippen LogP contribution in [0.3, 0.4) is 0 Å². The number of likely N-dealkylation sites (tertiary alicyclic amines) is 1. The van der Waals surface area contributed by atoms with Crippen molar-refractivity contribution >= 4 is 0 Å². The van der Waals surface area contributed by atoms with E-state index in [-0.39, 0.29) is 18.6 Å². The minimum absolute atomic E-state index is 0.190. The van der Waals surface area contributed by atoms with Crippen LogP contribution in [0.5, 0.6) is 11.5 Å². The Morgan fingerprint density at radius 3 is 2.35 bits per heavy atom. The van der Waals surface area contributed by atoms with Gasteiger partial charge in [0.05, 0.1) is 14.2 Å². The van der Waals surface area contributed by atoms with Gasteiger partial charge in [-0.2, -0.15) is 0 Å². The standard InChI is InChI=1S/C16H25NO3/c1-12(11-18)16(17-8-4-5-9-17)13-6-7-14(19-2)15(10-13)20-3/h6-7,10,12,16,18H,4-5,8-9,11H2,1-3H3.